The number of unbranched alkanes of at least 4 members (excludes halogenated alkanes) is 5. The predicted octanol–water partition coefficient (Wildman–Crippen LogP) is 3.96. The molecule has 0 amide bonds. The van der Waals surface area contributed by atoms with Gasteiger partial charge in [-0.25, -0.2) is 0 Å². The van der Waals surface area contributed by atoms with Crippen molar-refractivity contribution in [3.63, 3.8) is 0 Å². The monoisotopic (exact) mass is 337 g/mol. The third-order valence-electron chi connectivity index (χ3n) is 3.87. The van der Waals surface area contributed by atoms with Gasteiger partial charge in [0.2, 0.25) is 0 Å². The van der Waals surface area contributed by atoms with Crippen LogP contribution in [-0.4, -0.2) is 39.6 Å². The highest BCUT2D eigenvalue weighted by atomic mass is 16.5. The highest BCUT2D eigenvalue weighted by Gasteiger charge is 1.97. The van der Waals surface area contributed by atoms with Crippen LogP contribution in [-0.2, 0) is 15.9 Å². The van der Waals surface area contributed by atoms with Gasteiger partial charge in [0.05, 0.1) is 26.4 Å². The van der Waals surface area contributed by atoms with Crippen LogP contribution in [0.1, 0.15) is 51.0 Å². The quantitative estimate of drug-likeness (QED) is 0.464. The Kier molecular flexibility index (Phi) is 13.5. The fourth-order valence-electron chi connectivity index (χ4n) is 2.49. The molecule has 0 aromatic heterocycles. The van der Waals surface area contributed by atoms with E-state index in [4.69, 9.17) is 19.9 Å². The van der Waals surface area contributed by atoms with E-state index in [2.05, 4.69) is 31.2 Å². The van der Waals surface area contributed by atoms with Gasteiger partial charge in [-0.2, -0.15) is 0 Å². The van der Waals surface area contributed by atoms with Gasteiger partial charge in [0, 0.05) is 6.54 Å². The van der Waals surface area contributed by atoms with Crippen LogP contribution in [0.4, 0.5) is 0 Å². The molecule has 0 spiro atoms. The molecule has 138 valence electrons. The van der Waals surface area contributed by atoms with Crippen LogP contribution < -0.4 is 10.5 Å². The van der Waals surface area contributed by atoms with Crippen LogP contribution in [0.15, 0.2) is 24.3 Å². The molecule has 4 heteroatoms. The average molecular weight is 338 g/mol. The molecule has 0 radical (unpaired) electrons. The third-order valence-corrected chi connectivity index (χ3v) is 3.87. The first-order valence-corrected chi connectivity index (χ1v) is 9.44. The molecule has 4 nitrogen and oxygen atoms in total. The largest absolute Gasteiger partial charge is 0.491 e. The summed E-state index contributed by atoms with van der Waals surface area (Å²) in [5, 5.41) is 0. The first-order chi connectivity index (χ1) is 11.9. The molecule has 0 heterocycles. The Hall–Kier alpha value is -1.10. The normalized spacial score (nSPS) is 10.9. The molecule has 0 bridgehead atoms. The molecular weight excluding hydrogens is 302 g/mol. The van der Waals surface area contributed by atoms with Gasteiger partial charge in [0.1, 0.15) is 12.4 Å². The fourth-order valence-corrected chi connectivity index (χ4v) is 2.49. The maximum absolute atomic E-state index is 5.67. The lowest BCUT2D eigenvalue weighted by Gasteiger charge is -2.08. The second-order valence-corrected chi connectivity index (χ2v) is 6.02. The standard InChI is InChI=1S/C20H35NO3/c1-2-3-4-5-6-7-8-19-9-11-20(12-10-19)24-18-17-23-16-15-22-14-13-21/h9-12H,2-8,13-18,21H2,1H3. The van der Waals surface area contributed by atoms with Crippen LogP contribution in [0.5, 0.6) is 5.75 Å². The van der Waals surface area contributed by atoms with Crippen LogP contribution in [0.3, 0.4) is 0 Å². The maximum atomic E-state index is 5.67. The van der Waals surface area contributed by atoms with Gasteiger partial charge in [-0.3, -0.25) is 0 Å². The van der Waals surface area contributed by atoms with E-state index in [1.807, 2.05) is 0 Å². The zero-order valence-electron chi connectivity index (χ0n) is 15.3. The Morgan fingerprint density at radius 2 is 1.38 bits per heavy atom. The predicted molar refractivity (Wildman–Crippen MR) is 99.7 cm³/mol. The molecule has 0 saturated heterocycles. The minimum absolute atomic E-state index is 0.554. The minimum atomic E-state index is 0.554. The molecular formula is C20H35NO3. The smallest absolute Gasteiger partial charge is 0.119 e. The number of ether oxygens (including phenoxy) is 3. The molecule has 0 aliphatic heterocycles. The Morgan fingerprint density at radius 1 is 0.750 bits per heavy atom. The van der Waals surface area contributed by atoms with Gasteiger partial charge >= 0.3 is 0 Å². The van der Waals surface area contributed by atoms with Crippen molar-refractivity contribution in [2.75, 3.05) is 39.6 Å². The lowest BCUT2D eigenvalue weighted by atomic mass is 10.0. The highest BCUT2D eigenvalue weighted by molar-refractivity contribution is 5.27. The Labute approximate surface area is 147 Å². The van der Waals surface area contributed by atoms with Crippen LogP contribution in [0, 0.1) is 0 Å². The van der Waals surface area contributed by atoms with Crippen molar-refractivity contribution < 1.29 is 14.2 Å². The van der Waals surface area contributed by atoms with Crippen LogP contribution >= 0.6 is 0 Å². The molecule has 2 N–H and O–H groups in total. The average Bonchev–Trinajstić information content (AvgIpc) is 2.61. The van der Waals surface area contributed by atoms with E-state index in [0.717, 1.165) is 12.2 Å². The van der Waals surface area contributed by atoms with Crippen molar-refractivity contribution in [3.05, 3.63) is 29.8 Å². The Morgan fingerprint density at radius 3 is 2.08 bits per heavy atom. The summed E-state index contributed by atoms with van der Waals surface area (Å²) in [5.74, 6) is 0.907. The topological polar surface area (TPSA) is 53.7 Å². The van der Waals surface area contributed by atoms with Crippen molar-refractivity contribution in [1.82, 2.24) is 0 Å². The van der Waals surface area contributed by atoms with E-state index in [1.54, 1.807) is 0 Å². The number of nitrogens with two attached hydrogens (primary N) is 1. The lowest BCUT2D eigenvalue weighted by molar-refractivity contribution is 0.0388. The molecule has 0 fully saturated rings. The third kappa shape index (κ3) is 11.4. The Bertz CT molecular complexity index is 381. The number of hydrogen-bond acceptors (Lipinski definition) is 4. The van der Waals surface area contributed by atoms with Crippen molar-refractivity contribution in [1.29, 1.82) is 0 Å². The fraction of sp³-hybridized carbons (Fsp3) is 0.700. The second-order valence-electron chi connectivity index (χ2n) is 6.02. The van der Waals surface area contributed by atoms with E-state index in [0.29, 0.717) is 39.6 Å². The first kappa shape index (κ1) is 20.9. The van der Waals surface area contributed by atoms with E-state index in [9.17, 15) is 0 Å². The number of rotatable bonds is 16. The van der Waals surface area contributed by atoms with Crippen molar-refractivity contribution in [3.8, 4) is 5.75 Å². The molecule has 1 rings (SSSR count). The van der Waals surface area contributed by atoms with Crippen LogP contribution in [0.2, 0.25) is 0 Å². The zero-order chi connectivity index (χ0) is 17.3. The maximum Gasteiger partial charge on any atom is 0.119 e. The van der Waals surface area contributed by atoms with Crippen molar-refractivity contribution in [2.24, 2.45) is 5.73 Å². The molecule has 0 unspecified atom stereocenters. The lowest BCUT2D eigenvalue weighted by Crippen LogP contribution is -2.14. The van der Waals surface area contributed by atoms with Gasteiger partial charge in [0.15, 0.2) is 0 Å². The summed E-state index contributed by atoms with van der Waals surface area (Å²) in [7, 11) is 0. The number of benzene rings is 1. The summed E-state index contributed by atoms with van der Waals surface area (Å²) in [4.78, 5) is 0. The summed E-state index contributed by atoms with van der Waals surface area (Å²) < 4.78 is 16.3. The molecule has 0 saturated carbocycles. The molecule has 0 atom stereocenters. The molecule has 0 aliphatic rings. The molecule has 1 aromatic rings. The Balaban J connectivity index is 2.01. The van der Waals surface area contributed by atoms with Gasteiger partial charge < -0.3 is 19.9 Å². The SMILES string of the molecule is CCCCCCCCc1ccc(OCCOCCOCCN)cc1. The first-order valence-electron chi connectivity index (χ1n) is 9.44. The van der Waals surface area contributed by atoms with Gasteiger partial charge in [-0.15, -0.1) is 0 Å². The number of aryl methyl sites for hydroxylation is 1. The molecule has 0 aliphatic carbocycles. The summed E-state index contributed by atoms with van der Waals surface area (Å²) >= 11 is 0. The van der Waals surface area contributed by atoms with Gasteiger partial charge in [-0.05, 0) is 30.5 Å². The number of hydrogen-bond donors (Lipinski definition) is 1. The minimum Gasteiger partial charge on any atom is -0.491 e. The van der Waals surface area contributed by atoms with Crippen LogP contribution in [0.25, 0.3) is 0 Å². The van der Waals surface area contributed by atoms with E-state index < -0.39 is 0 Å². The zero-order valence-corrected chi connectivity index (χ0v) is 15.3. The van der Waals surface area contributed by atoms with Gasteiger partial charge in [0.25, 0.3) is 0 Å². The van der Waals surface area contributed by atoms with Crippen molar-refractivity contribution >= 4 is 0 Å². The van der Waals surface area contributed by atoms with Crippen molar-refractivity contribution in [2.45, 2.75) is 51.9 Å². The van der Waals surface area contributed by atoms with E-state index >= 15 is 0 Å². The summed E-state index contributed by atoms with van der Waals surface area (Å²) in [6.07, 6.45) is 9.22. The second kappa shape index (κ2) is 15.4. The van der Waals surface area contributed by atoms with E-state index in [1.165, 1.54) is 44.1 Å². The van der Waals surface area contributed by atoms with Gasteiger partial charge in [-0.1, -0.05) is 51.2 Å². The summed E-state index contributed by atoms with van der Waals surface area (Å²) in [6, 6.07) is 8.44. The highest BCUT2D eigenvalue weighted by Crippen LogP contribution is 2.15. The molecule has 24 heavy (non-hydrogen) atoms. The summed E-state index contributed by atoms with van der Waals surface area (Å²) in [5.41, 5.74) is 6.73. The summed E-state index contributed by atoms with van der Waals surface area (Å²) in [6.45, 7) is 5.71. The van der Waals surface area contributed by atoms with E-state index in [-0.39, 0.29) is 0 Å². The molecule has 1 aromatic carbocycles.